The van der Waals surface area contributed by atoms with Crippen LogP contribution in [-0.2, 0) is 21.2 Å². The lowest BCUT2D eigenvalue weighted by Crippen LogP contribution is -2.53. The third-order valence-corrected chi connectivity index (χ3v) is 6.62. The number of amides is 2. The maximum atomic E-state index is 14.4. The van der Waals surface area contributed by atoms with Crippen LogP contribution in [0, 0.1) is 0 Å². The molecule has 8 heteroatoms. The van der Waals surface area contributed by atoms with E-state index in [1.165, 1.54) is 15.9 Å². The van der Waals surface area contributed by atoms with E-state index >= 15 is 0 Å². The van der Waals surface area contributed by atoms with Gasteiger partial charge in [-0.15, -0.1) is 0 Å². The summed E-state index contributed by atoms with van der Waals surface area (Å²) in [4.78, 5) is 31.0. The molecule has 0 aromatic heterocycles. The molecule has 0 radical (unpaired) electrons. The van der Waals surface area contributed by atoms with E-state index < -0.39 is 35.1 Å². The fraction of sp³-hybridized carbons (Fsp3) is 0.286. The van der Waals surface area contributed by atoms with Crippen molar-refractivity contribution >= 4 is 28.9 Å². The summed E-state index contributed by atoms with van der Waals surface area (Å²) in [7, 11) is 0. The molecule has 2 aliphatic rings. The van der Waals surface area contributed by atoms with Crippen molar-refractivity contribution in [1.82, 2.24) is 0 Å². The monoisotopic (exact) mass is 496 g/mol. The summed E-state index contributed by atoms with van der Waals surface area (Å²) in [5.41, 5.74) is -1.36. The van der Waals surface area contributed by atoms with Gasteiger partial charge in [0.15, 0.2) is 5.41 Å². The average Bonchev–Trinajstić information content (AvgIpc) is 3.16. The highest BCUT2D eigenvalue weighted by molar-refractivity contribution is 6.27. The first-order valence-corrected chi connectivity index (χ1v) is 11.9. The van der Waals surface area contributed by atoms with Gasteiger partial charge in [0.2, 0.25) is 5.91 Å². The van der Waals surface area contributed by atoms with Crippen LogP contribution in [0.3, 0.4) is 0 Å². The van der Waals surface area contributed by atoms with Crippen LogP contribution >= 0.6 is 0 Å². The van der Waals surface area contributed by atoms with E-state index in [4.69, 9.17) is 0 Å². The number of hydrogen-bond donors (Lipinski definition) is 1. The Balaban J connectivity index is 0.00000148. The van der Waals surface area contributed by atoms with E-state index in [1.54, 1.807) is 61.5 Å². The lowest BCUT2D eigenvalue weighted by molar-refractivity contribution is -0.138. The highest BCUT2D eigenvalue weighted by atomic mass is 19.4. The molecule has 1 aliphatic heterocycles. The van der Waals surface area contributed by atoms with Crippen molar-refractivity contribution in [3.05, 3.63) is 89.5 Å². The highest BCUT2D eigenvalue weighted by Gasteiger charge is 2.59. The molecular weight excluding hydrogens is 469 g/mol. The summed E-state index contributed by atoms with van der Waals surface area (Å²) in [5.74, 6) is -1.26. The Morgan fingerprint density at radius 2 is 1.56 bits per heavy atom. The molecule has 0 saturated carbocycles. The molecule has 1 N–H and O–H groups in total. The second-order valence-electron chi connectivity index (χ2n) is 8.44. The summed E-state index contributed by atoms with van der Waals surface area (Å²) < 4.78 is 41.0. The number of benzene rings is 3. The van der Waals surface area contributed by atoms with Crippen molar-refractivity contribution in [1.29, 1.82) is 0 Å². The van der Waals surface area contributed by atoms with Crippen molar-refractivity contribution in [2.75, 3.05) is 16.3 Å². The van der Waals surface area contributed by atoms with Gasteiger partial charge >= 0.3 is 6.18 Å². The van der Waals surface area contributed by atoms with Gasteiger partial charge in [0.1, 0.15) is 0 Å². The normalized spacial score (nSPS) is 21.0. The van der Waals surface area contributed by atoms with Crippen molar-refractivity contribution in [2.24, 2.45) is 0 Å². The first-order chi connectivity index (χ1) is 17.2. The van der Waals surface area contributed by atoms with Crippen LogP contribution in [0.2, 0.25) is 0 Å². The number of halogens is 3. The van der Waals surface area contributed by atoms with Crippen molar-refractivity contribution < 1.29 is 27.9 Å². The first kappa shape index (κ1) is 25.4. The molecule has 2 amide bonds. The first-order valence-electron chi connectivity index (χ1n) is 11.9. The van der Waals surface area contributed by atoms with Crippen LogP contribution in [0.1, 0.15) is 50.0 Å². The lowest BCUT2D eigenvalue weighted by Gasteiger charge is -2.32. The molecule has 0 fully saturated rings. The van der Waals surface area contributed by atoms with Gasteiger partial charge in [0, 0.05) is 18.7 Å². The molecule has 188 valence electrons. The van der Waals surface area contributed by atoms with Crippen molar-refractivity contribution in [3.63, 3.8) is 0 Å². The zero-order chi connectivity index (χ0) is 26.3. The van der Waals surface area contributed by atoms with E-state index in [1.807, 2.05) is 13.8 Å². The van der Waals surface area contributed by atoms with E-state index in [9.17, 15) is 27.9 Å². The minimum absolute atomic E-state index is 0.0306. The number of alkyl halides is 3. The van der Waals surface area contributed by atoms with E-state index in [-0.39, 0.29) is 24.3 Å². The molecule has 1 spiro atoms. The number of carbonyl (C=O) groups is 2. The number of likely N-dealkylation sites (N-methyl/N-ethyl adjacent to an activating group) is 1. The number of rotatable bonds is 2. The Morgan fingerprint density at radius 1 is 0.917 bits per heavy atom. The summed E-state index contributed by atoms with van der Waals surface area (Å²) in [6, 6.07) is 18.0. The Hall–Kier alpha value is -3.65. The molecule has 0 saturated heterocycles. The molecule has 1 heterocycles. The second-order valence-corrected chi connectivity index (χ2v) is 8.44. The maximum absolute atomic E-state index is 14.4. The van der Waals surface area contributed by atoms with Gasteiger partial charge in [-0.2, -0.15) is 13.2 Å². The predicted octanol–water partition coefficient (Wildman–Crippen LogP) is 6.14. The van der Waals surface area contributed by atoms with Crippen LogP contribution in [0.4, 0.5) is 30.2 Å². The fourth-order valence-electron chi connectivity index (χ4n) is 5.08. The van der Waals surface area contributed by atoms with Gasteiger partial charge in [-0.25, -0.2) is 0 Å². The number of hydrogen-bond acceptors (Lipinski definition) is 3. The molecule has 0 bridgehead atoms. The largest absolute Gasteiger partial charge is 0.416 e. The van der Waals surface area contributed by atoms with Crippen molar-refractivity contribution in [2.45, 2.75) is 44.9 Å². The summed E-state index contributed by atoms with van der Waals surface area (Å²) >= 11 is 0. The summed E-state index contributed by atoms with van der Waals surface area (Å²) in [6.07, 6.45) is -5.89. The van der Waals surface area contributed by atoms with Crippen LogP contribution in [0.25, 0.3) is 0 Å². The average molecular weight is 497 g/mol. The quantitative estimate of drug-likeness (QED) is 0.434. The van der Waals surface area contributed by atoms with Crippen LogP contribution < -0.4 is 9.80 Å². The molecule has 3 aromatic rings. The van der Waals surface area contributed by atoms with Crippen LogP contribution in [0.15, 0.2) is 72.8 Å². The topological polar surface area (TPSA) is 60.9 Å². The van der Waals surface area contributed by atoms with Gasteiger partial charge in [-0.1, -0.05) is 56.3 Å². The van der Waals surface area contributed by atoms with E-state index in [0.717, 1.165) is 12.1 Å². The smallest absolute Gasteiger partial charge is 0.388 e. The Morgan fingerprint density at radius 3 is 2.19 bits per heavy atom. The molecule has 36 heavy (non-hydrogen) atoms. The number of aliphatic hydroxyl groups excluding tert-OH is 1. The zero-order valence-corrected chi connectivity index (χ0v) is 20.2. The predicted molar refractivity (Wildman–Crippen MR) is 132 cm³/mol. The van der Waals surface area contributed by atoms with Gasteiger partial charge < -0.3 is 10.0 Å². The maximum Gasteiger partial charge on any atom is 0.416 e. The molecule has 5 nitrogen and oxygen atoms in total. The minimum Gasteiger partial charge on any atom is -0.388 e. The number of para-hydroxylation sites is 1. The highest BCUT2D eigenvalue weighted by Crippen LogP contribution is 2.52. The standard InChI is InChI=1S/C26H21F3N2O3.C2H6/c1-2-30-20-13-12-16(26(27,28)29)14-21(20)31(17-8-4-3-5-9-17)24(34)25(23(30)33)15-22(32)18-10-6-7-11-19(18)25;1-2/h3-14,22,32H,2,15H2,1H3;1-2H3. The van der Waals surface area contributed by atoms with E-state index in [2.05, 4.69) is 0 Å². The van der Waals surface area contributed by atoms with Crippen molar-refractivity contribution in [3.8, 4) is 0 Å². The van der Waals surface area contributed by atoms with Gasteiger partial charge in [-0.3, -0.25) is 14.5 Å². The summed E-state index contributed by atoms with van der Waals surface area (Å²) in [5, 5.41) is 10.8. The molecule has 1 aliphatic carbocycles. The number of fused-ring (bicyclic) bond motifs is 3. The minimum atomic E-state index is -4.64. The third kappa shape index (κ3) is 3.76. The Bertz CT molecular complexity index is 1290. The third-order valence-electron chi connectivity index (χ3n) is 6.62. The molecular formula is C28H27F3N2O3. The van der Waals surface area contributed by atoms with Crippen LogP contribution in [0.5, 0.6) is 0 Å². The molecule has 2 atom stereocenters. The number of anilines is 3. The molecule has 3 aromatic carbocycles. The Kier molecular flexibility index (Phi) is 6.66. The fourth-order valence-corrected chi connectivity index (χ4v) is 5.08. The number of nitrogens with zero attached hydrogens (tertiary/aromatic N) is 2. The second kappa shape index (κ2) is 9.43. The van der Waals surface area contributed by atoms with Gasteiger partial charge in [-0.05, 0) is 48.4 Å². The zero-order valence-electron chi connectivity index (χ0n) is 20.2. The molecule has 2 unspecified atom stereocenters. The van der Waals surface area contributed by atoms with Gasteiger partial charge in [0.05, 0.1) is 23.0 Å². The molecule has 5 rings (SSSR count). The SMILES string of the molecule is CC.CCN1C(=O)C2(CC(O)c3ccccc32)C(=O)N(c2ccccc2)c2cc(C(F)(F)F)ccc21. The van der Waals surface area contributed by atoms with Gasteiger partial charge in [0.25, 0.3) is 5.91 Å². The number of aliphatic hydroxyl groups is 1. The summed E-state index contributed by atoms with van der Waals surface area (Å²) in [6.45, 7) is 5.83. The van der Waals surface area contributed by atoms with E-state index in [0.29, 0.717) is 16.8 Å². The lowest BCUT2D eigenvalue weighted by atomic mass is 9.78. The number of carbonyl (C=O) groups excluding carboxylic acids is 2. The van der Waals surface area contributed by atoms with Crippen LogP contribution in [-0.4, -0.2) is 23.5 Å². The Labute approximate surface area is 207 Å².